The number of carbonyl (C=O) groups excluding carboxylic acids is 1. The highest BCUT2D eigenvalue weighted by Crippen LogP contribution is 2.23. The third-order valence-electron chi connectivity index (χ3n) is 2.76. The Kier molecular flexibility index (Phi) is 3.99. The molecule has 0 aliphatic carbocycles. The number of nitrogens with zero attached hydrogens (tertiary/aromatic N) is 1. The van der Waals surface area contributed by atoms with Gasteiger partial charge in [0.05, 0.1) is 0 Å². The molecule has 0 unspecified atom stereocenters. The number of rotatable bonds is 4. The molecular weight excluding hydrogens is 230 g/mol. The molecule has 0 bridgehead atoms. The van der Waals surface area contributed by atoms with Crippen molar-refractivity contribution in [1.82, 2.24) is 4.90 Å². The van der Waals surface area contributed by atoms with E-state index in [4.69, 9.17) is 9.47 Å². The van der Waals surface area contributed by atoms with E-state index in [2.05, 4.69) is 11.5 Å². The number of para-hydroxylation sites is 1. The molecule has 0 saturated heterocycles. The van der Waals surface area contributed by atoms with Crippen molar-refractivity contribution in [3.63, 3.8) is 0 Å². The van der Waals surface area contributed by atoms with Gasteiger partial charge in [-0.05, 0) is 13.0 Å². The van der Waals surface area contributed by atoms with E-state index in [0.717, 1.165) is 17.9 Å². The fourth-order valence-corrected chi connectivity index (χ4v) is 1.76. The average molecular weight is 247 g/mol. The quantitative estimate of drug-likeness (QED) is 0.602. The van der Waals surface area contributed by atoms with E-state index in [1.165, 1.54) is 0 Å². The Morgan fingerprint density at radius 1 is 1.50 bits per heavy atom. The minimum atomic E-state index is -0.340. The molecule has 1 aliphatic rings. The maximum atomic E-state index is 11.2. The second kappa shape index (κ2) is 5.69. The van der Waals surface area contributed by atoms with Crippen molar-refractivity contribution in [2.24, 2.45) is 0 Å². The highest BCUT2D eigenvalue weighted by molar-refractivity contribution is 5.86. The normalized spacial score (nSPS) is 14.5. The second-order valence-corrected chi connectivity index (χ2v) is 4.35. The molecular formula is C14H17NO3. The van der Waals surface area contributed by atoms with Crippen LogP contribution in [0.1, 0.15) is 12.5 Å². The summed E-state index contributed by atoms with van der Waals surface area (Å²) in [6.45, 7) is 7.55. The Hall–Kier alpha value is -1.81. The lowest BCUT2D eigenvalue weighted by Gasteiger charge is -2.28. The predicted octanol–water partition coefficient (Wildman–Crippen LogP) is 1.96. The maximum Gasteiger partial charge on any atom is 0.333 e. The molecule has 4 heteroatoms. The molecule has 0 fully saturated rings. The van der Waals surface area contributed by atoms with E-state index < -0.39 is 0 Å². The summed E-state index contributed by atoms with van der Waals surface area (Å²) in [5, 5.41) is 0. The van der Waals surface area contributed by atoms with E-state index in [1.807, 2.05) is 24.3 Å². The van der Waals surface area contributed by atoms with Gasteiger partial charge in [-0.3, -0.25) is 4.90 Å². The zero-order chi connectivity index (χ0) is 13.0. The summed E-state index contributed by atoms with van der Waals surface area (Å²) in [4.78, 5) is 13.3. The van der Waals surface area contributed by atoms with E-state index in [0.29, 0.717) is 25.5 Å². The predicted molar refractivity (Wildman–Crippen MR) is 68.1 cm³/mol. The Morgan fingerprint density at radius 3 is 3.06 bits per heavy atom. The Bertz CT molecular complexity index is 456. The summed E-state index contributed by atoms with van der Waals surface area (Å²) >= 11 is 0. The van der Waals surface area contributed by atoms with E-state index in [1.54, 1.807) is 6.92 Å². The summed E-state index contributed by atoms with van der Waals surface area (Å²) in [6, 6.07) is 7.96. The number of hydrogen-bond donors (Lipinski definition) is 0. The molecule has 4 nitrogen and oxygen atoms in total. The van der Waals surface area contributed by atoms with Gasteiger partial charge in [0.2, 0.25) is 0 Å². The molecule has 96 valence electrons. The molecule has 1 heterocycles. The zero-order valence-corrected chi connectivity index (χ0v) is 10.5. The van der Waals surface area contributed by atoms with Crippen molar-refractivity contribution in [3.8, 4) is 5.75 Å². The van der Waals surface area contributed by atoms with Crippen molar-refractivity contribution in [2.75, 3.05) is 19.9 Å². The Labute approximate surface area is 107 Å². The smallest absolute Gasteiger partial charge is 0.333 e. The van der Waals surface area contributed by atoms with Crippen LogP contribution >= 0.6 is 0 Å². The number of esters is 1. The third-order valence-corrected chi connectivity index (χ3v) is 2.76. The van der Waals surface area contributed by atoms with Crippen molar-refractivity contribution in [2.45, 2.75) is 13.5 Å². The van der Waals surface area contributed by atoms with Gasteiger partial charge >= 0.3 is 5.97 Å². The van der Waals surface area contributed by atoms with Gasteiger partial charge in [-0.15, -0.1) is 0 Å². The van der Waals surface area contributed by atoms with Crippen LogP contribution in [0.2, 0.25) is 0 Å². The Morgan fingerprint density at radius 2 is 2.28 bits per heavy atom. The molecule has 0 radical (unpaired) electrons. The van der Waals surface area contributed by atoms with Crippen LogP contribution < -0.4 is 4.74 Å². The van der Waals surface area contributed by atoms with Gasteiger partial charge in [0.25, 0.3) is 0 Å². The van der Waals surface area contributed by atoms with E-state index in [-0.39, 0.29) is 5.97 Å². The fraction of sp³-hybridized carbons (Fsp3) is 0.357. The molecule has 0 N–H and O–H groups in total. The first-order valence-corrected chi connectivity index (χ1v) is 5.92. The summed E-state index contributed by atoms with van der Waals surface area (Å²) < 4.78 is 10.7. The minimum Gasteiger partial charge on any atom is -0.478 e. The average Bonchev–Trinajstić information content (AvgIpc) is 2.38. The third kappa shape index (κ3) is 3.11. The van der Waals surface area contributed by atoms with Crippen LogP contribution in [0, 0.1) is 0 Å². The molecule has 0 atom stereocenters. The summed E-state index contributed by atoms with van der Waals surface area (Å²) in [5.41, 5.74) is 1.59. The first-order valence-electron chi connectivity index (χ1n) is 5.92. The number of ether oxygens (including phenoxy) is 2. The fourth-order valence-electron chi connectivity index (χ4n) is 1.76. The lowest BCUT2D eigenvalue weighted by Crippen LogP contribution is -2.34. The molecule has 18 heavy (non-hydrogen) atoms. The highest BCUT2D eigenvalue weighted by Gasteiger charge is 2.16. The van der Waals surface area contributed by atoms with Crippen molar-refractivity contribution in [3.05, 3.63) is 42.0 Å². The molecule has 2 rings (SSSR count). The minimum absolute atomic E-state index is 0.340. The first kappa shape index (κ1) is 12.6. The van der Waals surface area contributed by atoms with E-state index >= 15 is 0 Å². The number of benzene rings is 1. The molecule has 0 saturated carbocycles. The summed E-state index contributed by atoms with van der Waals surface area (Å²) in [6.07, 6.45) is 0. The molecule has 0 spiro atoms. The van der Waals surface area contributed by atoms with Crippen LogP contribution in [-0.2, 0) is 16.1 Å². The van der Waals surface area contributed by atoms with Crippen LogP contribution in [0.3, 0.4) is 0 Å². The van der Waals surface area contributed by atoms with Crippen molar-refractivity contribution in [1.29, 1.82) is 0 Å². The number of carbonyl (C=O) groups is 1. The standard InChI is InChI=1S/C14H17NO3/c1-11(2)14(16)17-8-7-15-9-12-5-3-4-6-13(12)18-10-15/h3-6H,1,7-10H2,2H3. The van der Waals surface area contributed by atoms with Crippen LogP contribution in [0.4, 0.5) is 0 Å². The summed E-state index contributed by atoms with van der Waals surface area (Å²) in [7, 11) is 0. The SMILES string of the molecule is C=C(C)C(=O)OCCN1COc2ccccc2C1. The Balaban J connectivity index is 1.80. The summed E-state index contributed by atoms with van der Waals surface area (Å²) in [5.74, 6) is 0.598. The molecule has 0 aromatic heterocycles. The topological polar surface area (TPSA) is 38.8 Å². The van der Waals surface area contributed by atoms with Gasteiger partial charge < -0.3 is 9.47 Å². The van der Waals surface area contributed by atoms with Crippen molar-refractivity contribution < 1.29 is 14.3 Å². The lowest BCUT2D eigenvalue weighted by molar-refractivity contribution is -0.139. The lowest BCUT2D eigenvalue weighted by atomic mass is 10.2. The van der Waals surface area contributed by atoms with E-state index in [9.17, 15) is 4.79 Å². The second-order valence-electron chi connectivity index (χ2n) is 4.35. The number of hydrogen-bond acceptors (Lipinski definition) is 4. The van der Waals surface area contributed by atoms with Crippen LogP contribution in [0.25, 0.3) is 0 Å². The first-order chi connectivity index (χ1) is 8.66. The number of fused-ring (bicyclic) bond motifs is 1. The van der Waals surface area contributed by atoms with Gasteiger partial charge in [0.15, 0.2) is 0 Å². The van der Waals surface area contributed by atoms with Crippen LogP contribution in [0.15, 0.2) is 36.4 Å². The van der Waals surface area contributed by atoms with Gasteiger partial charge in [-0.1, -0.05) is 24.8 Å². The van der Waals surface area contributed by atoms with Gasteiger partial charge in [0, 0.05) is 24.2 Å². The molecule has 1 aliphatic heterocycles. The van der Waals surface area contributed by atoms with Gasteiger partial charge in [-0.25, -0.2) is 4.79 Å². The highest BCUT2D eigenvalue weighted by atomic mass is 16.5. The maximum absolute atomic E-state index is 11.2. The zero-order valence-electron chi connectivity index (χ0n) is 10.5. The van der Waals surface area contributed by atoms with Gasteiger partial charge in [-0.2, -0.15) is 0 Å². The molecule has 1 aromatic carbocycles. The molecule has 0 amide bonds. The molecule has 1 aromatic rings. The van der Waals surface area contributed by atoms with Gasteiger partial charge in [0.1, 0.15) is 19.1 Å². The van der Waals surface area contributed by atoms with Crippen molar-refractivity contribution >= 4 is 5.97 Å². The van der Waals surface area contributed by atoms with Crippen LogP contribution in [-0.4, -0.2) is 30.8 Å². The largest absolute Gasteiger partial charge is 0.478 e. The monoisotopic (exact) mass is 247 g/mol. The van der Waals surface area contributed by atoms with Crippen LogP contribution in [0.5, 0.6) is 5.75 Å².